The number of ether oxygens (including phenoxy) is 1. The number of carboxylic acids is 1. The Morgan fingerprint density at radius 3 is 2.69 bits per heavy atom. The highest BCUT2D eigenvalue weighted by molar-refractivity contribution is 5.70. The van der Waals surface area contributed by atoms with Gasteiger partial charge in [-0.2, -0.15) is 0 Å². The summed E-state index contributed by atoms with van der Waals surface area (Å²) in [6.45, 7) is 2.98. The number of halogens is 1. The molecule has 29 heavy (non-hydrogen) atoms. The van der Waals surface area contributed by atoms with Crippen molar-refractivity contribution in [1.82, 2.24) is 9.97 Å². The maximum Gasteiger partial charge on any atom is 0.306 e. The number of anilines is 2. The molecule has 2 aromatic rings. The summed E-state index contributed by atoms with van der Waals surface area (Å²) >= 11 is 0. The van der Waals surface area contributed by atoms with E-state index < -0.39 is 11.8 Å². The van der Waals surface area contributed by atoms with Gasteiger partial charge < -0.3 is 20.1 Å². The summed E-state index contributed by atoms with van der Waals surface area (Å²) < 4.78 is 19.9. The molecule has 1 aromatic carbocycles. The van der Waals surface area contributed by atoms with Crippen LogP contribution in [0, 0.1) is 11.7 Å². The molecule has 154 valence electrons. The minimum Gasteiger partial charge on any atom is -0.481 e. The first-order valence-electron chi connectivity index (χ1n) is 10.0. The average Bonchev–Trinajstić information content (AvgIpc) is 2.76. The lowest BCUT2D eigenvalue weighted by atomic mass is 9.86. The molecule has 2 aliphatic rings. The number of aliphatic carboxylic acids is 1. The van der Waals surface area contributed by atoms with Crippen LogP contribution in [0.25, 0.3) is 11.3 Å². The van der Waals surface area contributed by atoms with Crippen LogP contribution in [-0.2, 0) is 9.53 Å². The third-order valence-corrected chi connectivity index (χ3v) is 5.65. The second-order valence-corrected chi connectivity index (χ2v) is 7.57. The summed E-state index contributed by atoms with van der Waals surface area (Å²) in [5, 5.41) is 12.4. The van der Waals surface area contributed by atoms with Gasteiger partial charge in [0.15, 0.2) is 5.82 Å². The van der Waals surface area contributed by atoms with Gasteiger partial charge in [-0.05, 0) is 37.8 Å². The molecule has 4 rings (SSSR count). The van der Waals surface area contributed by atoms with Gasteiger partial charge in [0, 0.05) is 30.4 Å². The van der Waals surface area contributed by atoms with E-state index in [9.17, 15) is 9.18 Å². The highest BCUT2D eigenvalue weighted by Crippen LogP contribution is 2.29. The number of hydrogen-bond acceptors (Lipinski definition) is 6. The molecule has 7 nitrogen and oxygen atoms in total. The average molecular weight is 400 g/mol. The molecular weight excluding hydrogens is 375 g/mol. The van der Waals surface area contributed by atoms with E-state index in [1.165, 1.54) is 6.20 Å². The minimum absolute atomic E-state index is 0.101. The largest absolute Gasteiger partial charge is 0.481 e. The summed E-state index contributed by atoms with van der Waals surface area (Å²) in [4.78, 5) is 21.8. The number of nitrogens with zero attached hydrogens (tertiary/aromatic N) is 3. The molecule has 1 aromatic heterocycles. The van der Waals surface area contributed by atoms with Crippen molar-refractivity contribution in [1.29, 1.82) is 0 Å². The molecule has 2 fully saturated rings. The smallest absolute Gasteiger partial charge is 0.306 e. The van der Waals surface area contributed by atoms with Gasteiger partial charge in [0.25, 0.3) is 0 Å². The van der Waals surface area contributed by atoms with E-state index in [1.807, 2.05) is 24.3 Å². The number of nitrogens with one attached hydrogen (secondary N) is 1. The maximum absolute atomic E-state index is 14.5. The fourth-order valence-electron chi connectivity index (χ4n) is 3.98. The molecule has 2 heterocycles. The molecular formula is C21H25FN4O3. The number of carbonyl (C=O) groups is 1. The fourth-order valence-corrected chi connectivity index (χ4v) is 3.98. The summed E-state index contributed by atoms with van der Waals surface area (Å²) in [5.74, 6) is -1.11. The zero-order valence-electron chi connectivity index (χ0n) is 16.2. The number of hydrogen-bond donors (Lipinski definition) is 2. The van der Waals surface area contributed by atoms with Crippen molar-refractivity contribution in [3.63, 3.8) is 0 Å². The molecule has 2 N–H and O–H groups in total. The van der Waals surface area contributed by atoms with E-state index in [-0.39, 0.29) is 17.7 Å². The molecule has 0 radical (unpaired) electrons. The lowest BCUT2D eigenvalue weighted by Gasteiger charge is -2.29. The minimum atomic E-state index is -0.732. The van der Waals surface area contributed by atoms with Crippen LogP contribution in [0.2, 0.25) is 0 Å². The van der Waals surface area contributed by atoms with Gasteiger partial charge in [0.2, 0.25) is 5.95 Å². The van der Waals surface area contributed by atoms with Gasteiger partial charge in [0.1, 0.15) is 5.69 Å². The van der Waals surface area contributed by atoms with Crippen molar-refractivity contribution in [3.05, 3.63) is 36.3 Å². The molecule has 1 aliphatic carbocycles. The Bertz CT molecular complexity index is 865. The van der Waals surface area contributed by atoms with E-state index >= 15 is 0 Å². The van der Waals surface area contributed by atoms with Gasteiger partial charge in [-0.3, -0.25) is 4.79 Å². The molecule has 0 amide bonds. The molecule has 0 unspecified atom stereocenters. The predicted octanol–water partition coefficient (Wildman–Crippen LogP) is 3.17. The quantitative estimate of drug-likeness (QED) is 0.797. The van der Waals surface area contributed by atoms with Crippen LogP contribution in [0.5, 0.6) is 0 Å². The van der Waals surface area contributed by atoms with Crippen molar-refractivity contribution >= 4 is 17.6 Å². The van der Waals surface area contributed by atoms with E-state index in [0.29, 0.717) is 37.6 Å². The second-order valence-electron chi connectivity index (χ2n) is 7.57. The number of morpholine rings is 1. The van der Waals surface area contributed by atoms with E-state index in [2.05, 4.69) is 20.2 Å². The number of rotatable bonds is 5. The Kier molecular flexibility index (Phi) is 5.89. The van der Waals surface area contributed by atoms with Crippen LogP contribution in [0.4, 0.5) is 16.0 Å². The van der Waals surface area contributed by atoms with Crippen LogP contribution < -0.4 is 10.2 Å². The fraction of sp³-hybridized carbons (Fsp3) is 0.476. The summed E-state index contributed by atoms with van der Waals surface area (Å²) in [6, 6.07) is 7.80. The van der Waals surface area contributed by atoms with Gasteiger partial charge >= 0.3 is 5.97 Å². The molecule has 0 atom stereocenters. The monoisotopic (exact) mass is 400 g/mol. The summed E-state index contributed by atoms with van der Waals surface area (Å²) in [5.41, 5.74) is 1.98. The van der Waals surface area contributed by atoms with Crippen LogP contribution in [0.1, 0.15) is 25.7 Å². The summed E-state index contributed by atoms with van der Waals surface area (Å²) in [6.07, 6.45) is 3.92. The van der Waals surface area contributed by atoms with Crippen LogP contribution in [-0.4, -0.2) is 53.4 Å². The van der Waals surface area contributed by atoms with E-state index in [4.69, 9.17) is 9.84 Å². The van der Waals surface area contributed by atoms with Crippen LogP contribution >= 0.6 is 0 Å². The Morgan fingerprint density at radius 1 is 1.21 bits per heavy atom. The van der Waals surface area contributed by atoms with Crippen molar-refractivity contribution in [2.75, 3.05) is 36.5 Å². The normalized spacial score (nSPS) is 22.3. The third-order valence-electron chi connectivity index (χ3n) is 5.65. The first kappa shape index (κ1) is 19.6. The zero-order chi connectivity index (χ0) is 20.2. The molecule has 0 bridgehead atoms. The van der Waals surface area contributed by atoms with Gasteiger partial charge in [-0.1, -0.05) is 12.1 Å². The van der Waals surface area contributed by atoms with Crippen LogP contribution in [0.15, 0.2) is 30.5 Å². The topological polar surface area (TPSA) is 87.6 Å². The Morgan fingerprint density at radius 2 is 1.97 bits per heavy atom. The molecule has 8 heteroatoms. The Hall–Kier alpha value is -2.74. The van der Waals surface area contributed by atoms with Crippen molar-refractivity contribution in [2.45, 2.75) is 31.7 Å². The second kappa shape index (κ2) is 8.73. The van der Waals surface area contributed by atoms with Crippen LogP contribution in [0.3, 0.4) is 0 Å². The Labute approximate surface area is 168 Å². The van der Waals surface area contributed by atoms with Crippen molar-refractivity contribution in [3.8, 4) is 11.3 Å². The SMILES string of the molecule is O=C(O)[C@H]1CC[C@H](Nc2ncc(F)c(-c3cccc(N4CCOCC4)c3)n2)CC1. The standard InChI is InChI=1S/C21H25FN4O3/c22-18-13-23-21(24-16-6-4-14(5-7-16)20(27)28)25-19(18)15-2-1-3-17(12-15)26-8-10-29-11-9-26/h1-3,12-14,16H,4-11H2,(H,27,28)(H,23,24,25)/t14-,16-. The zero-order valence-corrected chi connectivity index (χ0v) is 16.2. The highest BCUT2D eigenvalue weighted by Gasteiger charge is 2.26. The third kappa shape index (κ3) is 4.64. The molecule has 1 saturated carbocycles. The van der Waals surface area contributed by atoms with E-state index in [1.54, 1.807) is 0 Å². The first-order chi connectivity index (χ1) is 14.1. The Balaban J connectivity index is 1.49. The predicted molar refractivity (Wildman–Crippen MR) is 107 cm³/mol. The highest BCUT2D eigenvalue weighted by atomic mass is 19.1. The number of aromatic nitrogens is 2. The molecule has 1 saturated heterocycles. The number of benzene rings is 1. The van der Waals surface area contributed by atoms with Crippen molar-refractivity contribution in [2.24, 2.45) is 5.92 Å². The van der Waals surface area contributed by atoms with Gasteiger partial charge in [-0.25, -0.2) is 14.4 Å². The lowest BCUT2D eigenvalue weighted by molar-refractivity contribution is -0.142. The van der Waals surface area contributed by atoms with Crippen molar-refractivity contribution < 1.29 is 19.0 Å². The first-order valence-corrected chi connectivity index (χ1v) is 10.0. The number of carboxylic acid groups (broad SMARTS) is 1. The van der Waals surface area contributed by atoms with Gasteiger partial charge in [-0.15, -0.1) is 0 Å². The molecule has 0 spiro atoms. The summed E-state index contributed by atoms with van der Waals surface area (Å²) in [7, 11) is 0. The lowest BCUT2D eigenvalue weighted by Crippen LogP contribution is -2.36. The van der Waals surface area contributed by atoms with E-state index in [0.717, 1.165) is 31.6 Å². The maximum atomic E-state index is 14.5. The molecule has 1 aliphatic heterocycles. The van der Waals surface area contributed by atoms with Gasteiger partial charge in [0.05, 0.1) is 25.3 Å².